The first-order valence-corrected chi connectivity index (χ1v) is 6.70. The van der Waals surface area contributed by atoms with E-state index in [1.54, 1.807) is 0 Å². The molecule has 0 N–H and O–H groups in total. The molecular formula is C12H11FO3S. The van der Waals surface area contributed by atoms with Crippen LogP contribution in [0.2, 0.25) is 0 Å². The molecule has 0 amide bonds. The summed E-state index contributed by atoms with van der Waals surface area (Å²) in [7, 11) is -4.05. The number of fused-ring (bicyclic) bond motifs is 1. The van der Waals surface area contributed by atoms with E-state index in [-0.39, 0.29) is 12.2 Å². The van der Waals surface area contributed by atoms with Crippen molar-refractivity contribution in [2.75, 3.05) is 5.75 Å². The Balaban J connectivity index is 2.31. The maximum absolute atomic E-state index is 11.7. The van der Waals surface area contributed by atoms with E-state index < -0.39 is 10.1 Å². The van der Waals surface area contributed by atoms with Gasteiger partial charge in [0, 0.05) is 0 Å². The largest absolute Gasteiger partial charge is 0.298 e. The third-order valence-corrected chi connectivity index (χ3v) is 3.49. The maximum Gasteiger partial charge on any atom is 0.298 e. The zero-order valence-electron chi connectivity index (χ0n) is 8.97. The Morgan fingerprint density at radius 2 is 1.76 bits per heavy atom. The van der Waals surface area contributed by atoms with E-state index in [1.807, 2.05) is 42.5 Å². The molecule has 5 heteroatoms. The molecule has 0 spiro atoms. The summed E-state index contributed by atoms with van der Waals surface area (Å²) in [4.78, 5) is 0. The highest BCUT2D eigenvalue weighted by molar-refractivity contribution is 7.86. The van der Waals surface area contributed by atoms with Crippen LogP contribution in [-0.2, 0) is 20.9 Å². The van der Waals surface area contributed by atoms with Crippen LogP contribution in [0.3, 0.4) is 0 Å². The van der Waals surface area contributed by atoms with Gasteiger partial charge in [-0.15, -0.1) is 0 Å². The fraction of sp³-hybridized carbons (Fsp3) is 0.167. The maximum atomic E-state index is 11.7. The predicted molar refractivity (Wildman–Crippen MR) is 63.6 cm³/mol. The number of benzene rings is 2. The van der Waals surface area contributed by atoms with Gasteiger partial charge in [-0.1, -0.05) is 46.9 Å². The molecule has 0 aliphatic carbocycles. The molecule has 0 aliphatic heterocycles. The minimum absolute atomic E-state index is 0.230. The monoisotopic (exact) mass is 254 g/mol. The zero-order chi connectivity index (χ0) is 12.3. The van der Waals surface area contributed by atoms with Gasteiger partial charge in [0.15, 0.2) is 0 Å². The summed E-state index contributed by atoms with van der Waals surface area (Å²) in [5.74, 6) is -0.364. The summed E-state index contributed by atoms with van der Waals surface area (Å²) >= 11 is 0. The Morgan fingerprint density at radius 1 is 1.06 bits per heavy atom. The lowest BCUT2D eigenvalue weighted by Gasteiger charge is -2.05. The Morgan fingerprint density at radius 3 is 2.53 bits per heavy atom. The summed E-state index contributed by atoms with van der Waals surface area (Å²) in [6.45, 7) is 0. The number of rotatable bonds is 4. The molecule has 0 bridgehead atoms. The average Bonchev–Trinajstić information content (AvgIpc) is 2.36. The molecule has 2 rings (SSSR count). The predicted octanol–water partition coefficient (Wildman–Crippen LogP) is 2.61. The molecule has 0 heterocycles. The normalized spacial score (nSPS) is 11.8. The van der Waals surface area contributed by atoms with Gasteiger partial charge in [-0.3, -0.25) is 0 Å². The molecule has 2 aromatic carbocycles. The first-order valence-electron chi connectivity index (χ1n) is 5.12. The van der Waals surface area contributed by atoms with Crippen molar-refractivity contribution in [1.82, 2.24) is 0 Å². The quantitative estimate of drug-likeness (QED) is 0.842. The van der Waals surface area contributed by atoms with Crippen LogP contribution in [0.15, 0.2) is 42.5 Å². The molecule has 0 aliphatic rings. The lowest BCUT2D eigenvalue weighted by Crippen LogP contribution is -2.08. The number of hydrogen-bond acceptors (Lipinski definition) is 3. The summed E-state index contributed by atoms with van der Waals surface area (Å²) in [6.07, 6.45) is 0.230. The van der Waals surface area contributed by atoms with E-state index in [9.17, 15) is 12.9 Å². The van der Waals surface area contributed by atoms with Gasteiger partial charge < -0.3 is 0 Å². The molecule has 90 valence electrons. The molecule has 0 fully saturated rings. The number of hydrogen-bond donors (Lipinski definition) is 0. The van der Waals surface area contributed by atoms with Crippen LogP contribution < -0.4 is 0 Å². The molecule has 0 saturated carbocycles. The highest BCUT2D eigenvalue weighted by Gasteiger charge is 2.12. The summed E-state index contributed by atoms with van der Waals surface area (Å²) < 4.78 is 36.5. The number of halogens is 1. The van der Waals surface area contributed by atoms with Crippen molar-refractivity contribution in [3.05, 3.63) is 48.0 Å². The minimum atomic E-state index is -4.05. The summed E-state index contributed by atoms with van der Waals surface area (Å²) in [5, 5.41) is 2.01. The minimum Gasteiger partial charge on any atom is -0.197 e. The second-order valence-electron chi connectivity index (χ2n) is 3.71. The van der Waals surface area contributed by atoms with E-state index in [1.165, 1.54) is 0 Å². The van der Waals surface area contributed by atoms with E-state index in [4.69, 9.17) is 0 Å². The van der Waals surface area contributed by atoms with Crippen molar-refractivity contribution in [2.45, 2.75) is 6.42 Å². The van der Waals surface area contributed by atoms with E-state index >= 15 is 0 Å². The molecular weight excluding hydrogens is 243 g/mol. The Hall–Kier alpha value is -1.46. The highest BCUT2D eigenvalue weighted by atomic mass is 32.2. The number of aryl methyl sites for hydroxylation is 1. The van der Waals surface area contributed by atoms with Crippen LogP contribution in [0.25, 0.3) is 10.8 Å². The van der Waals surface area contributed by atoms with Crippen molar-refractivity contribution >= 4 is 20.9 Å². The highest BCUT2D eigenvalue weighted by Crippen LogP contribution is 2.19. The van der Waals surface area contributed by atoms with Gasteiger partial charge in [-0.2, -0.15) is 8.42 Å². The fourth-order valence-electron chi connectivity index (χ4n) is 1.78. The van der Waals surface area contributed by atoms with E-state index in [0.717, 1.165) is 16.3 Å². The third kappa shape index (κ3) is 2.81. The van der Waals surface area contributed by atoms with Gasteiger partial charge in [-0.05, 0) is 27.3 Å². The van der Waals surface area contributed by atoms with Gasteiger partial charge in [-0.25, -0.2) is 0 Å². The Kier molecular flexibility index (Phi) is 3.40. The van der Waals surface area contributed by atoms with Gasteiger partial charge in [0.05, 0.1) is 5.75 Å². The molecule has 0 radical (unpaired) electrons. The standard InChI is InChI=1S/C12H11FO3S/c13-16-17(14,15)9-8-11-6-3-5-10-4-1-2-7-12(10)11/h1-7H,8-9H2. The molecule has 2 aromatic rings. The topological polar surface area (TPSA) is 43.4 Å². The molecule has 0 saturated heterocycles. The molecule has 0 atom stereocenters. The van der Waals surface area contributed by atoms with Gasteiger partial charge in [0.2, 0.25) is 0 Å². The first kappa shape index (κ1) is 12.0. The van der Waals surface area contributed by atoms with Crippen LogP contribution in [0, 0.1) is 0 Å². The van der Waals surface area contributed by atoms with Gasteiger partial charge in [0.25, 0.3) is 10.1 Å². The van der Waals surface area contributed by atoms with Crippen molar-refractivity contribution in [2.24, 2.45) is 0 Å². The molecule has 0 unspecified atom stereocenters. The van der Waals surface area contributed by atoms with Gasteiger partial charge >= 0.3 is 0 Å². The van der Waals surface area contributed by atoms with Crippen LogP contribution in [-0.4, -0.2) is 14.2 Å². The summed E-state index contributed by atoms with van der Waals surface area (Å²) in [5.41, 5.74) is 0.865. The van der Waals surface area contributed by atoms with Crippen LogP contribution in [0.4, 0.5) is 4.53 Å². The van der Waals surface area contributed by atoms with Crippen molar-refractivity contribution in [3.63, 3.8) is 0 Å². The lowest BCUT2D eigenvalue weighted by atomic mass is 10.0. The van der Waals surface area contributed by atoms with Crippen LogP contribution in [0.5, 0.6) is 0 Å². The molecule has 17 heavy (non-hydrogen) atoms. The Bertz CT molecular complexity index is 617. The molecule has 0 aromatic heterocycles. The summed E-state index contributed by atoms with van der Waals surface area (Å²) in [6, 6.07) is 13.3. The molecule has 3 nitrogen and oxygen atoms in total. The Labute approximate surface area is 98.9 Å². The second-order valence-corrected chi connectivity index (χ2v) is 5.36. The third-order valence-electron chi connectivity index (χ3n) is 2.60. The SMILES string of the molecule is O=S(=O)(CCc1cccc2ccccc12)OF. The lowest BCUT2D eigenvalue weighted by molar-refractivity contribution is 0.00300. The smallest absolute Gasteiger partial charge is 0.197 e. The zero-order valence-corrected chi connectivity index (χ0v) is 9.78. The van der Waals surface area contributed by atoms with Crippen molar-refractivity contribution in [1.29, 1.82) is 0 Å². The van der Waals surface area contributed by atoms with Crippen LogP contribution in [0.1, 0.15) is 5.56 Å². The van der Waals surface area contributed by atoms with E-state index in [2.05, 4.69) is 4.39 Å². The van der Waals surface area contributed by atoms with Crippen molar-refractivity contribution in [3.8, 4) is 0 Å². The van der Waals surface area contributed by atoms with Crippen molar-refractivity contribution < 1.29 is 17.3 Å². The van der Waals surface area contributed by atoms with Crippen LogP contribution >= 0.6 is 0 Å². The second kappa shape index (κ2) is 4.81. The van der Waals surface area contributed by atoms with E-state index in [0.29, 0.717) is 0 Å². The van der Waals surface area contributed by atoms with Gasteiger partial charge in [0.1, 0.15) is 0 Å². The first-order chi connectivity index (χ1) is 8.12. The average molecular weight is 254 g/mol. The fourth-order valence-corrected chi connectivity index (χ4v) is 2.31.